The Bertz CT molecular complexity index is 1140. The van der Waals surface area contributed by atoms with Crippen LogP contribution in [0.4, 0.5) is 5.69 Å². The van der Waals surface area contributed by atoms with Gasteiger partial charge >= 0.3 is 0 Å². The molecule has 0 bridgehead atoms. The Balaban J connectivity index is 1.75. The van der Waals surface area contributed by atoms with Crippen molar-refractivity contribution in [2.45, 2.75) is 31.7 Å². The molecule has 30 heavy (non-hydrogen) atoms. The van der Waals surface area contributed by atoms with E-state index in [-0.39, 0.29) is 16.8 Å². The normalized spacial score (nSPS) is 12.3. The molecular formula is C24H26N2O3S. The van der Waals surface area contributed by atoms with Crippen molar-refractivity contribution in [1.82, 2.24) is 5.32 Å². The van der Waals surface area contributed by atoms with E-state index >= 15 is 0 Å². The monoisotopic (exact) mass is 422 g/mol. The molecule has 0 aliphatic rings. The number of aryl methyl sites for hydroxylation is 2. The van der Waals surface area contributed by atoms with Gasteiger partial charge in [-0.25, -0.2) is 8.42 Å². The molecular weight excluding hydrogens is 396 g/mol. The zero-order chi connectivity index (χ0) is 21.9. The predicted molar refractivity (Wildman–Crippen MR) is 120 cm³/mol. The van der Waals surface area contributed by atoms with E-state index in [9.17, 15) is 13.2 Å². The Hall–Kier alpha value is -3.12. The first-order valence-corrected chi connectivity index (χ1v) is 11.2. The molecule has 0 saturated heterocycles. The molecule has 5 nitrogen and oxygen atoms in total. The largest absolute Gasteiger partial charge is 0.346 e. The fraction of sp³-hybridized carbons (Fsp3) is 0.208. The summed E-state index contributed by atoms with van der Waals surface area (Å²) in [6.07, 6.45) is 0. The number of nitrogens with one attached hydrogen (secondary N) is 1. The van der Waals surface area contributed by atoms with Crippen LogP contribution >= 0.6 is 0 Å². The van der Waals surface area contributed by atoms with Crippen LogP contribution in [-0.2, 0) is 10.0 Å². The van der Waals surface area contributed by atoms with Crippen LogP contribution in [0.15, 0.2) is 77.7 Å². The number of amides is 1. The molecule has 0 fully saturated rings. The fourth-order valence-electron chi connectivity index (χ4n) is 3.30. The molecule has 0 saturated carbocycles. The van der Waals surface area contributed by atoms with Gasteiger partial charge < -0.3 is 5.32 Å². The van der Waals surface area contributed by atoms with Crippen molar-refractivity contribution >= 4 is 21.6 Å². The fourth-order valence-corrected chi connectivity index (χ4v) is 4.51. The quantitative estimate of drug-likeness (QED) is 0.630. The van der Waals surface area contributed by atoms with Crippen molar-refractivity contribution in [3.8, 4) is 0 Å². The van der Waals surface area contributed by atoms with E-state index in [0.29, 0.717) is 11.3 Å². The van der Waals surface area contributed by atoms with Gasteiger partial charge in [0.15, 0.2) is 0 Å². The van der Waals surface area contributed by atoms with Crippen LogP contribution in [0.5, 0.6) is 0 Å². The number of carbonyl (C=O) groups is 1. The van der Waals surface area contributed by atoms with Crippen molar-refractivity contribution in [2.75, 3.05) is 11.4 Å². The highest BCUT2D eigenvalue weighted by Crippen LogP contribution is 2.23. The molecule has 6 heteroatoms. The number of benzene rings is 3. The van der Waals surface area contributed by atoms with Crippen molar-refractivity contribution in [2.24, 2.45) is 0 Å². The van der Waals surface area contributed by atoms with Gasteiger partial charge in [-0.1, -0.05) is 42.0 Å². The second-order valence-corrected chi connectivity index (χ2v) is 9.36. The number of nitrogens with zero attached hydrogens (tertiary/aromatic N) is 1. The Morgan fingerprint density at radius 1 is 0.933 bits per heavy atom. The maximum absolute atomic E-state index is 12.8. The van der Waals surface area contributed by atoms with E-state index in [1.54, 1.807) is 54.6 Å². The second-order valence-electron chi connectivity index (χ2n) is 7.39. The zero-order valence-corrected chi connectivity index (χ0v) is 18.4. The molecule has 3 rings (SSSR count). The highest BCUT2D eigenvalue weighted by atomic mass is 32.2. The lowest BCUT2D eigenvalue weighted by Gasteiger charge is -2.20. The van der Waals surface area contributed by atoms with Gasteiger partial charge in [-0.05, 0) is 68.3 Å². The highest BCUT2D eigenvalue weighted by Gasteiger charge is 2.21. The minimum absolute atomic E-state index is 0.141. The van der Waals surface area contributed by atoms with Crippen LogP contribution in [-0.4, -0.2) is 21.4 Å². The summed E-state index contributed by atoms with van der Waals surface area (Å²) in [5.74, 6) is -0.205. The molecule has 0 radical (unpaired) electrons. The van der Waals surface area contributed by atoms with Crippen molar-refractivity contribution in [3.63, 3.8) is 0 Å². The van der Waals surface area contributed by atoms with E-state index in [4.69, 9.17) is 0 Å². The molecule has 1 N–H and O–H groups in total. The van der Waals surface area contributed by atoms with Gasteiger partial charge in [-0.3, -0.25) is 9.10 Å². The third kappa shape index (κ3) is 4.54. The summed E-state index contributed by atoms with van der Waals surface area (Å²) in [5, 5.41) is 3.01. The van der Waals surface area contributed by atoms with Crippen LogP contribution in [0.1, 0.15) is 40.0 Å². The molecule has 0 aliphatic carbocycles. The lowest BCUT2D eigenvalue weighted by Crippen LogP contribution is -2.28. The number of hydrogen-bond acceptors (Lipinski definition) is 3. The summed E-state index contributed by atoms with van der Waals surface area (Å²) in [4.78, 5) is 12.9. The Labute approximate surface area is 178 Å². The number of carbonyl (C=O) groups excluding carboxylic acids is 1. The molecule has 0 aromatic heterocycles. The van der Waals surface area contributed by atoms with E-state index in [2.05, 4.69) is 11.4 Å². The van der Waals surface area contributed by atoms with Crippen molar-refractivity contribution < 1.29 is 13.2 Å². The Morgan fingerprint density at radius 3 is 2.20 bits per heavy atom. The molecule has 0 spiro atoms. The summed E-state index contributed by atoms with van der Waals surface area (Å²) >= 11 is 0. The molecule has 3 aromatic carbocycles. The minimum atomic E-state index is -3.66. The maximum atomic E-state index is 12.8. The summed E-state index contributed by atoms with van der Waals surface area (Å²) in [5.41, 5.74) is 4.30. The smallest absolute Gasteiger partial charge is 0.264 e. The topological polar surface area (TPSA) is 66.5 Å². The molecule has 0 heterocycles. The van der Waals surface area contributed by atoms with Gasteiger partial charge in [-0.15, -0.1) is 0 Å². The lowest BCUT2D eigenvalue weighted by atomic mass is 9.99. The van der Waals surface area contributed by atoms with Gasteiger partial charge in [0.05, 0.1) is 16.6 Å². The van der Waals surface area contributed by atoms with E-state index < -0.39 is 10.0 Å². The first-order valence-electron chi connectivity index (χ1n) is 9.72. The SMILES string of the molecule is Cc1ccc(C)c(C(C)NC(=O)c2ccc(N(C)S(=O)(=O)c3ccccc3)cc2)c1. The highest BCUT2D eigenvalue weighted by molar-refractivity contribution is 7.92. The summed E-state index contributed by atoms with van der Waals surface area (Å²) in [6, 6.07) is 20.8. The van der Waals surface area contributed by atoms with E-state index in [0.717, 1.165) is 16.7 Å². The molecule has 3 aromatic rings. The Morgan fingerprint density at radius 2 is 1.57 bits per heavy atom. The van der Waals surface area contributed by atoms with E-state index in [1.165, 1.54) is 11.4 Å². The average molecular weight is 423 g/mol. The van der Waals surface area contributed by atoms with Crippen LogP contribution in [0, 0.1) is 13.8 Å². The molecule has 1 unspecified atom stereocenters. The number of hydrogen-bond donors (Lipinski definition) is 1. The van der Waals surface area contributed by atoms with Crippen LogP contribution in [0.3, 0.4) is 0 Å². The Kier molecular flexibility index (Phi) is 6.27. The molecule has 1 atom stereocenters. The van der Waals surface area contributed by atoms with Gasteiger partial charge in [0.25, 0.3) is 15.9 Å². The summed E-state index contributed by atoms with van der Waals surface area (Å²) in [6.45, 7) is 6.00. The van der Waals surface area contributed by atoms with Gasteiger partial charge in [0.1, 0.15) is 0 Å². The average Bonchev–Trinajstić information content (AvgIpc) is 2.75. The molecule has 156 valence electrons. The summed E-state index contributed by atoms with van der Waals surface area (Å²) < 4.78 is 26.7. The van der Waals surface area contributed by atoms with Gasteiger partial charge in [0, 0.05) is 12.6 Å². The van der Waals surface area contributed by atoms with Crippen molar-refractivity contribution in [3.05, 3.63) is 95.1 Å². The van der Waals surface area contributed by atoms with Crippen LogP contribution < -0.4 is 9.62 Å². The molecule has 1 amide bonds. The van der Waals surface area contributed by atoms with Crippen LogP contribution in [0.25, 0.3) is 0 Å². The van der Waals surface area contributed by atoms with Crippen LogP contribution in [0.2, 0.25) is 0 Å². The maximum Gasteiger partial charge on any atom is 0.264 e. The number of anilines is 1. The first-order chi connectivity index (χ1) is 14.2. The zero-order valence-electron chi connectivity index (χ0n) is 17.6. The predicted octanol–water partition coefficient (Wildman–Crippen LogP) is 4.62. The number of rotatable bonds is 6. The summed E-state index contributed by atoms with van der Waals surface area (Å²) in [7, 11) is -2.16. The van der Waals surface area contributed by atoms with E-state index in [1.807, 2.05) is 32.9 Å². The lowest BCUT2D eigenvalue weighted by molar-refractivity contribution is 0.0940. The third-order valence-corrected chi connectivity index (χ3v) is 6.94. The minimum Gasteiger partial charge on any atom is -0.346 e. The van der Waals surface area contributed by atoms with Crippen molar-refractivity contribution in [1.29, 1.82) is 0 Å². The van der Waals surface area contributed by atoms with Gasteiger partial charge in [-0.2, -0.15) is 0 Å². The van der Waals surface area contributed by atoms with Gasteiger partial charge in [0.2, 0.25) is 0 Å². The third-order valence-electron chi connectivity index (χ3n) is 5.14. The first kappa shape index (κ1) is 21.6. The number of sulfonamides is 1. The second kappa shape index (κ2) is 8.71. The molecule has 0 aliphatic heterocycles. The standard InChI is InChI=1S/C24H26N2O3S/c1-17-10-11-18(2)23(16-17)19(3)25-24(27)20-12-14-21(15-13-20)26(4)30(28,29)22-8-6-5-7-9-22/h5-16,19H,1-4H3,(H,25,27).